The number of benzene rings is 5. The Hall–Kier alpha value is -3.14. The van der Waals surface area contributed by atoms with Gasteiger partial charge in [-0.05, 0) is 67.8 Å². The largest absolute Gasteiger partial charge is 0.291 e. The van der Waals surface area contributed by atoms with Crippen molar-refractivity contribution in [2.45, 2.75) is 0 Å². The molecule has 2 nitrogen and oxygen atoms in total. The Kier molecular flexibility index (Phi) is 4.34. The molecule has 0 aliphatic rings. The van der Waals surface area contributed by atoms with Gasteiger partial charge in [-0.1, -0.05) is 78.3 Å². The summed E-state index contributed by atoms with van der Waals surface area (Å²) >= 11 is 10.3. The van der Waals surface area contributed by atoms with Crippen LogP contribution in [-0.2, 0) is 0 Å². The number of rotatable bonds is 2. The van der Waals surface area contributed by atoms with E-state index in [0.29, 0.717) is 5.02 Å². The van der Waals surface area contributed by atoms with E-state index in [1.807, 2.05) is 36.4 Å². The Morgan fingerprint density at radius 2 is 1.42 bits per heavy atom. The molecule has 0 spiro atoms. The Morgan fingerprint density at radius 1 is 0.710 bits per heavy atom. The molecular weight excluding hydrogens is 468 g/mol. The Labute approximate surface area is 192 Å². The molecule has 0 saturated carbocycles. The second-order valence-corrected chi connectivity index (χ2v) is 8.76. The van der Waals surface area contributed by atoms with Crippen LogP contribution in [0, 0.1) is 0 Å². The molecule has 0 fully saturated rings. The predicted molar refractivity (Wildman–Crippen MR) is 134 cm³/mol. The number of imidazole rings is 1. The monoisotopic (exact) mass is 482 g/mol. The smallest absolute Gasteiger partial charge is 0.146 e. The number of aromatic nitrogens is 2. The van der Waals surface area contributed by atoms with Crippen LogP contribution in [0.25, 0.3) is 49.7 Å². The van der Waals surface area contributed by atoms with Gasteiger partial charge in [0.05, 0.1) is 21.7 Å². The second-order valence-electron chi connectivity index (χ2n) is 7.52. The third-order valence-electron chi connectivity index (χ3n) is 5.74. The van der Waals surface area contributed by atoms with Gasteiger partial charge >= 0.3 is 0 Å². The molecule has 31 heavy (non-hydrogen) atoms. The summed E-state index contributed by atoms with van der Waals surface area (Å²) in [4.78, 5) is 5.08. The number of hydrogen-bond acceptors (Lipinski definition) is 1. The van der Waals surface area contributed by atoms with Gasteiger partial charge < -0.3 is 0 Å². The highest BCUT2D eigenvalue weighted by atomic mass is 79.9. The average molecular weight is 484 g/mol. The molecule has 6 aromatic rings. The first-order valence-electron chi connectivity index (χ1n) is 10.0. The zero-order valence-electron chi connectivity index (χ0n) is 16.4. The molecule has 0 saturated heterocycles. The second kappa shape index (κ2) is 7.23. The quantitative estimate of drug-likeness (QED) is 0.226. The number of fused-ring (bicyclic) bond motifs is 4. The van der Waals surface area contributed by atoms with Gasteiger partial charge in [0.25, 0.3) is 0 Å². The SMILES string of the molecule is Clc1c(Br)cccc1-n1c(-c2cc3ccccc3c3ccccc23)nc2ccccc21. The van der Waals surface area contributed by atoms with Gasteiger partial charge in [0, 0.05) is 10.0 Å². The van der Waals surface area contributed by atoms with E-state index in [1.165, 1.54) is 21.5 Å². The highest BCUT2D eigenvalue weighted by Crippen LogP contribution is 2.39. The van der Waals surface area contributed by atoms with Crippen LogP contribution >= 0.6 is 27.5 Å². The maximum Gasteiger partial charge on any atom is 0.146 e. The van der Waals surface area contributed by atoms with E-state index in [-0.39, 0.29) is 0 Å². The zero-order valence-corrected chi connectivity index (χ0v) is 18.7. The molecule has 0 atom stereocenters. The molecule has 0 bridgehead atoms. The predicted octanol–water partition coefficient (Wildman–Crippen LogP) is 8.41. The van der Waals surface area contributed by atoms with Crippen LogP contribution < -0.4 is 0 Å². The van der Waals surface area contributed by atoms with E-state index in [4.69, 9.17) is 16.6 Å². The van der Waals surface area contributed by atoms with Gasteiger partial charge in [0.1, 0.15) is 5.82 Å². The van der Waals surface area contributed by atoms with Crippen molar-refractivity contribution in [2.24, 2.45) is 0 Å². The molecule has 148 valence electrons. The minimum Gasteiger partial charge on any atom is -0.291 e. The summed E-state index contributed by atoms with van der Waals surface area (Å²) in [5.74, 6) is 0.878. The minimum atomic E-state index is 0.664. The summed E-state index contributed by atoms with van der Waals surface area (Å²) < 4.78 is 3.03. The van der Waals surface area contributed by atoms with Crippen LogP contribution in [-0.4, -0.2) is 9.55 Å². The van der Waals surface area contributed by atoms with Crippen LogP contribution in [0.4, 0.5) is 0 Å². The average Bonchev–Trinajstić information content (AvgIpc) is 3.19. The van der Waals surface area contributed by atoms with E-state index in [1.54, 1.807) is 0 Å². The summed E-state index contributed by atoms with van der Waals surface area (Å²) in [5.41, 5.74) is 3.94. The number of hydrogen-bond donors (Lipinski definition) is 0. The van der Waals surface area contributed by atoms with E-state index in [9.17, 15) is 0 Å². The zero-order chi connectivity index (χ0) is 20.9. The van der Waals surface area contributed by atoms with Crippen LogP contribution in [0.3, 0.4) is 0 Å². The fourth-order valence-corrected chi connectivity index (χ4v) is 4.92. The number of para-hydroxylation sites is 2. The molecule has 6 rings (SSSR count). The van der Waals surface area contributed by atoms with Crippen LogP contribution in [0.5, 0.6) is 0 Å². The lowest BCUT2D eigenvalue weighted by atomic mass is 9.97. The molecule has 0 N–H and O–H groups in total. The van der Waals surface area contributed by atoms with Gasteiger partial charge in [-0.25, -0.2) is 4.98 Å². The standard InChI is InChI=1S/C27H16BrClN2/c28-22-12-7-15-25(26(22)29)31-24-14-6-5-13-23(24)30-27(31)21-16-17-8-1-2-9-18(17)19-10-3-4-11-20(19)21/h1-16H. The van der Waals surface area contributed by atoms with Crippen molar-refractivity contribution in [3.63, 3.8) is 0 Å². The van der Waals surface area contributed by atoms with Crippen molar-refractivity contribution in [1.29, 1.82) is 0 Å². The van der Waals surface area contributed by atoms with E-state index in [2.05, 4.69) is 81.2 Å². The number of nitrogens with zero attached hydrogens (tertiary/aromatic N) is 2. The van der Waals surface area contributed by atoms with Crippen molar-refractivity contribution in [1.82, 2.24) is 9.55 Å². The third kappa shape index (κ3) is 2.88. The summed E-state index contributed by atoms with van der Waals surface area (Å²) in [6.07, 6.45) is 0. The molecule has 0 aliphatic carbocycles. The summed E-state index contributed by atoms with van der Waals surface area (Å²) in [6, 6.07) is 33.4. The van der Waals surface area contributed by atoms with Crippen LogP contribution in [0.1, 0.15) is 0 Å². The first-order valence-corrected chi connectivity index (χ1v) is 11.2. The van der Waals surface area contributed by atoms with E-state index >= 15 is 0 Å². The molecule has 1 heterocycles. The van der Waals surface area contributed by atoms with Crippen LogP contribution in [0.15, 0.2) is 102 Å². The molecule has 0 radical (unpaired) electrons. The summed E-state index contributed by atoms with van der Waals surface area (Å²) in [6.45, 7) is 0. The third-order valence-corrected chi connectivity index (χ3v) is 7.03. The lowest BCUT2D eigenvalue weighted by Crippen LogP contribution is -1.99. The number of halogens is 2. The fraction of sp³-hybridized carbons (Fsp3) is 0. The lowest BCUT2D eigenvalue weighted by molar-refractivity contribution is 1.10. The molecule has 4 heteroatoms. The summed E-state index contributed by atoms with van der Waals surface area (Å²) in [5, 5.41) is 5.48. The van der Waals surface area contributed by atoms with E-state index < -0.39 is 0 Å². The van der Waals surface area contributed by atoms with Crippen molar-refractivity contribution < 1.29 is 0 Å². The molecule has 0 unspecified atom stereocenters. The molecule has 0 amide bonds. The maximum absolute atomic E-state index is 6.76. The highest BCUT2D eigenvalue weighted by molar-refractivity contribution is 9.10. The first kappa shape index (κ1) is 18.6. The lowest BCUT2D eigenvalue weighted by Gasteiger charge is -2.15. The minimum absolute atomic E-state index is 0.664. The van der Waals surface area contributed by atoms with Gasteiger partial charge in [-0.2, -0.15) is 0 Å². The molecule has 5 aromatic carbocycles. The Bertz CT molecular complexity index is 1620. The van der Waals surface area contributed by atoms with Crippen molar-refractivity contribution in [2.75, 3.05) is 0 Å². The molecular formula is C27H16BrClN2. The van der Waals surface area contributed by atoms with E-state index in [0.717, 1.165) is 32.6 Å². The van der Waals surface area contributed by atoms with Gasteiger partial charge in [-0.15, -0.1) is 0 Å². The van der Waals surface area contributed by atoms with Gasteiger partial charge in [0.15, 0.2) is 0 Å². The maximum atomic E-state index is 6.76. The Morgan fingerprint density at radius 3 is 2.29 bits per heavy atom. The molecule has 0 aliphatic heterocycles. The van der Waals surface area contributed by atoms with Crippen molar-refractivity contribution >= 4 is 60.1 Å². The summed E-state index contributed by atoms with van der Waals surface area (Å²) in [7, 11) is 0. The first-order chi connectivity index (χ1) is 15.2. The normalized spacial score (nSPS) is 11.5. The fourth-order valence-electron chi connectivity index (χ4n) is 4.35. The van der Waals surface area contributed by atoms with Gasteiger partial charge in [0.2, 0.25) is 0 Å². The topological polar surface area (TPSA) is 17.8 Å². The highest BCUT2D eigenvalue weighted by Gasteiger charge is 2.19. The van der Waals surface area contributed by atoms with Crippen molar-refractivity contribution in [3.05, 3.63) is 107 Å². The van der Waals surface area contributed by atoms with Crippen molar-refractivity contribution in [3.8, 4) is 17.1 Å². The molecule has 1 aromatic heterocycles. The Balaban J connectivity index is 1.79. The van der Waals surface area contributed by atoms with Crippen LogP contribution in [0.2, 0.25) is 5.02 Å². The van der Waals surface area contributed by atoms with Gasteiger partial charge in [-0.3, -0.25) is 4.57 Å².